The Balaban J connectivity index is 1.76. The van der Waals surface area contributed by atoms with Crippen LogP contribution in [0.4, 0.5) is 5.82 Å². The number of hydrogen-bond acceptors (Lipinski definition) is 4. The van der Waals surface area contributed by atoms with E-state index in [1.807, 2.05) is 13.8 Å². The summed E-state index contributed by atoms with van der Waals surface area (Å²) in [5.41, 5.74) is 0. The Labute approximate surface area is 163 Å². The number of aromatic amines is 1. The quantitative estimate of drug-likeness (QED) is 0.540. The predicted octanol–water partition coefficient (Wildman–Crippen LogP) is 3.39. The number of benzene rings is 1. The average molecular weight is 393 g/mol. The molecule has 0 saturated heterocycles. The maximum absolute atomic E-state index is 12.4. The van der Waals surface area contributed by atoms with Gasteiger partial charge in [-0.2, -0.15) is 5.10 Å². The first-order valence-electron chi connectivity index (χ1n) is 8.92. The minimum atomic E-state index is -0.599. The molecule has 0 aliphatic heterocycles. The van der Waals surface area contributed by atoms with Crippen LogP contribution in [0.1, 0.15) is 33.1 Å². The largest absolute Gasteiger partial charge is 0.494 e. The van der Waals surface area contributed by atoms with Crippen molar-refractivity contribution in [3.05, 3.63) is 41.6 Å². The Morgan fingerprint density at radius 1 is 1.22 bits per heavy atom. The fourth-order valence-corrected chi connectivity index (χ4v) is 2.59. The van der Waals surface area contributed by atoms with E-state index in [-0.39, 0.29) is 24.2 Å². The normalized spacial score (nSPS) is 11.9. The number of anilines is 1. The minimum absolute atomic E-state index is 0.180. The SMILES string of the molecule is CC(C)CC(NC(=O)CCCOc1ccc(Cl)cc1)C(=O)Nc1ccn[nH]1. The lowest BCUT2D eigenvalue weighted by Gasteiger charge is -2.19. The van der Waals surface area contributed by atoms with Crippen molar-refractivity contribution in [2.75, 3.05) is 11.9 Å². The summed E-state index contributed by atoms with van der Waals surface area (Å²) in [5, 5.41) is 12.6. The second kappa shape index (κ2) is 10.6. The fraction of sp³-hybridized carbons (Fsp3) is 0.421. The van der Waals surface area contributed by atoms with Gasteiger partial charge in [-0.05, 0) is 43.0 Å². The zero-order valence-electron chi connectivity index (χ0n) is 15.5. The van der Waals surface area contributed by atoms with Gasteiger partial charge in [-0.25, -0.2) is 0 Å². The number of hydrogen-bond donors (Lipinski definition) is 3. The van der Waals surface area contributed by atoms with E-state index in [0.717, 1.165) is 0 Å². The molecule has 1 unspecified atom stereocenters. The molecule has 1 heterocycles. The maximum Gasteiger partial charge on any atom is 0.248 e. The Hall–Kier alpha value is -2.54. The van der Waals surface area contributed by atoms with Gasteiger partial charge >= 0.3 is 0 Å². The van der Waals surface area contributed by atoms with E-state index in [0.29, 0.717) is 36.0 Å². The molecule has 0 fully saturated rings. The predicted molar refractivity (Wildman–Crippen MR) is 105 cm³/mol. The van der Waals surface area contributed by atoms with Gasteiger partial charge in [-0.15, -0.1) is 0 Å². The third-order valence-corrected chi connectivity index (χ3v) is 4.00. The number of nitrogens with one attached hydrogen (secondary N) is 3. The summed E-state index contributed by atoms with van der Waals surface area (Å²) in [5.74, 6) is 1.02. The highest BCUT2D eigenvalue weighted by atomic mass is 35.5. The van der Waals surface area contributed by atoms with Crippen molar-refractivity contribution in [3.63, 3.8) is 0 Å². The van der Waals surface area contributed by atoms with Crippen LogP contribution >= 0.6 is 11.6 Å². The third kappa shape index (κ3) is 7.70. The van der Waals surface area contributed by atoms with Crippen molar-refractivity contribution < 1.29 is 14.3 Å². The van der Waals surface area contributed by atoms with E-state index < -0.39 is 6.04 Å². The van der Waals surface area contributed by atoms with Crippen LogP contribution in [0.15, 0.2) is 36.5 Å². The van der Waals surface area contributed by atoms with Gasteiger partial charge < -0.3 is 15.4 Å². The smallest absolute Gasteiger partial charge is 0.248 e. The monoisotopic (exact) mass is 392 g/mol. The Bertz CT molecular complexity index is 717. The van der Waals surface area contributed by atoms with Crippen molar-refractivity contribution >= 4 is 29.2 Å². The summed E-state index contributed by atoms with van der Waals surface area (Å²) >= 11 is 5.82. The van der Waals surface area contributed by atoms with Crippen molar-refractivity contribution in [1.29, 1.82) is 0 Å². The van der Waals surface area contributed by atoms with Crippen molar-refractivity contribution in [2.45, 2.75) is 39.2 Å². The second-order valence-corrected chi connectivity index (χ2v) is 7.05. The molecule has 8 heteroatoms. The first-order chi connectivity index (χ1) is 12.9. The number of carbonyl (C=O) groups is 2. The first-order valence-corrected chi connectivity index (χ1v) is 9.30. The standard InChI is InChI=1S/C19H25ClN4O3/c1-13(2)12-16(19(26)23-17-9-10-21-24-17)22-18(25)4-3-11-27-15-7-5-14(20)6-8-15/h5-10,13,16H,3-4,11-12H2,1-2H3,(H,22,25)(H2,21,23,24,26). The van der Waals surface area contributed by atoms with E-state index in [4.69, 9.17) is 16.3 Å². The third-order valence-electron chi connectivity index (χ3n) is 3.75. The van der Waals surface area contributed by atoms with Crippen LogP contribution in [0, 0.1) is 5.92 Å². The number of rotatable bonds is 10. The highest BCUT2D eigenvalue weighted by molar-refractivity contribution is 6.30. The molecule has 3 N–H and O–H groups in total. The van der Waals surface area contributed by atoms with Crippen molar-refractivity contribution in [1.82, 2.24) is 15.5 Å². The molecule has 1 atom stereocenters. The van der Waals surface area contributed by atoms with Crippen molar-refractivity contribution in [2.24, 2.45) is 5.92 Å². The molecular formula is C19H25ClN4O3. The number of H-pyrrole nitrogens is 1. The van der Waals surface area contributed by atoms with E-state index >= 15 is 0 Å². The van der Waals surface area contributed by atoms with Crippen LogP contribution in [0.5, 0.6) is 5.75 Å². The summed E-state index contributed by atoms with van der Waals surface area (Å²) in [6.45, 7) is 4.41. The molecular weight excluding hydrogens is 368 g/mol. The summed E-state index contributed by atoms with van der Waals surface area (Å²) in [4.78, 5) is 24.6. The molecule has 0 aliphatic rings. The van der Waals surface area contributed by atoms with E-state index in [1.54, 1.807) is 36.5 Å². The molecule has 146 valence electrons. The van der Waals surface area contributed by atoms with Gasteiger partial charge in [-0.1, -0.05) is 25.4 Å². The van der Waals surface area contributed by atoms with Gasteiger partial charge in [0.05, 0.1) is 12.8 Å². The number of amides is 2. The highest BCUT2D eigenvalue weighted by Crippen LogP contribution is 2.15. The lowest BCUT2D eigenvalue weighted by molar-refractivity contribution is -0.127. The highest BCUT2D eigenvalue weighted by Gasteiger charge is 2.22. The van der Waals surface area contributed by atoms with Crippen LogP contribution in [0.25, 0.3) is 0 Å². The molecule has 27 heavy (non-hydrogen) atoms. The second-order valence-electron chi connectivity index (χ2n) is 6.62. The van der Waals surface area contributed by atoms with E-state index in [2.05, 4.69) is 20.8 Å². The van der Waals surface area contributed by atoms with E-state index in [1.165, 1.54) is 0 Å². The van der Waals surface area contributed by atoms with Gasteiger partial charge in [0.25, 0.3) is 0 Å². The Morgan fingerprint density at radius 2 is 1.96 bits per heavy atom. The van der Waals surface area contributed by atoms with Crippen LogP contribution < -0.4 is 15.4 Å². The van der Waals surface area contributed by atoms with Gasteiger partial charge in [0.15, 0.2) is 0 Å². The zero-order valence-corrected chi connectivity index (χ0v) is 16.3. The molecule has 2 rings (SSSR count). The van der Waals surface area contributed by atoms with Gasteiger partial charge in [0.1, 0.15) is 17.6 Å². The van der Waals surface area contributed by atoms with Crippen LogP contribution in [0.3, 0.4) is 0 Å². The maximum atomic E-state index is 12.4. The number of ether oxygens (including phenoxy) is 1. The minimum Gasteiger partial charge on any atom is -0.494 e. The summed E-state index contributed by atoms with van der Waals surface area (Å²) in [7, 11) is 0. The number of carbonyl (C=O) groups excluding carboxylic acids is 2. The Kier molecular flexibility index (Phi) is 8.13. The zero-order chi connectivity index (χ0) is 19.6. The topological polar surface area (TPSA) is 96.1 Å². The lowest BCUT2D eigenvalue weighted by atomic mass is 10.0. The number of nitrogens with zero attached hydrogens (tertiary/aromatic N) is 1. The first kappa shape index (κ1) is 20.8. The van der Waals surface area contributed by atoms with Crippen LogP contribution in [-0.4, -0.2) is 34.7 Å². The van der Waals surface area contributed by atoms with Crippen LogP contribution in [0.2, 0.25) is 5.02 Å². The van der Waals surface area contributed by atoms with Gasteiger partial charge in [0, 0.05) is 17.5 Å². The van der Waals surface area contributed by atoms with Crippen molar-refractivity contribution in [3.8, 4) is 5.75 Å². The van der Waals surface area contributed by atoms with Gasteiger partial charge in [-0.3, -0.25) is 14.7 Å². The molecule has 0 spiro atoms. The number of aromatic nitrogens is 2. The number of halogens is 1. The summed E-state index contributed by atoms with van der Waals surface area (Å²) in [6.07, 6.45) is 2.92. The molecule has 0 bridgehead atoms. The molecule has 0 radical (unpaired) electrons. The summed E-state index contributed by atoms with van der Waals surface area (Å²) in [6, 6.07) is 8.11. The lowest BCUT2D eigenvalue weighted by Crippen LogP contribution is -2.44. The van der Waals surface area contributed by atoms with Crippen LogP contribution in [-0.2, 0) is 9.59 Å². The molecule has 1 aromatic carbocycles. The van der Waals surface area contributed by atoms with E-state index in [9.17, 15) is 9.59 Å². The Morgan fingerprint density at radius 3 is 2.59 bits per heavy atom. The molecule has 7 nitrogen and oxygen atoms in total. The molecule has 0 saturated carbocycles. The van der Waals surface area contributed by atoms with Gasteiger partial charge in [0.2, 0.25) is 11.8 Å². The molecule has 2 amide bonds. The summed E-state index contributed by atoms with van der Waals surface area (Å²) < 4.78 is 5.57. The molecule has 1 aromatic heterocycles. The molecule has 2 aromatic rings. The fourth-order valence-electron chi connectivity index (χ4n) is 2.47. The molecule has 0 aliphatic carbocycles. The average Bonchev–Trinajstić information content (AvgIpc) is 3.12.